The van der Waals surface area contributed by atoms with E-state index >= 15 is 0 Å². The second kappa shape index (κ2) is 9.59. The van der Waals surface area contributed by atoms with Gasteiger partial charge in [-0.3, -0.25) is 4.79 Å². The van der Waals surface area contributed by atoms with E-state index in [0.717, 1.165) is 29.5 Å². The first-order valence-electron chi connectivity index (χ1n) is 11.2. The van der Waals surface area contributed by atoms with Crippen molar-refractivity contribution in [3.05, 3.63) is 53.6 Å². The van der Waals surface area contributed by atoms with Gasteiger partial charge in [-0.1, -0.05) is 37.6 Å². The Bertz CT molecular complexity index is 1230. The third-order valence-corrected chi connectivity index (χ3v) is 7.93. The van der Waals surface area contributed by atoms with Crippen LogP contribution in [0.3, 0.4) is 0 Å². The number of carbonyl (C=O) groups excluding carboxylic acids is 1. The molecule has 7 nitrogen and oxygen atoms in total. The van der Waals surface area contributed by atoms with Crippen LogP contribution in [0.4, 0.5) is 5.69 Å². The lowest BCUT2D eigenvalue weighted by atomic mass is 9.98. The Morgan fingerprint density at radius 3 is 2.67 bits per heavy atom. The number of aliphatic hydroxyl groups is 1. The number of Topliss-reactive ketones (excluding diaryl/α,β-unsaturated/α-hetero) is 1. The van der Waals surface area contributed by atoms with Crippen molar-refractivity contribution in [2.45, 2.75) is 37.5 Å². The first-order chi connectivity index (χ1) is 15.8. The van der Waals surface area contributed by atoms with Crippen molar-refractivity contribution in [1.29, 1.82) is 0 Å². The van der Waals surface area contributed by atoms with E-state index in [1.807, 2.05) is 30.3 Å². The quantitative estimate of drug-likeness (QED) is 0.617. The molecule has 0 aliphatic carbocycles. The molecular weight excluding hydrogens is 438 g/mol. The van der Waals surface area contributed by atoms with Crippen LogP contribution in [-0.2, 0) is 14.8 Å². The van der Waals surface area contributed by atoms with Crippen molar-refractivity contribution >= 4 is 33.4 Å². The molecule has 1 fully saturated rings. The minimum Gasteiger partial charge on any atom is -0.396 e. The van der Waals surface area contributed by atoms with Crippen LogP contribution in [0, 0.1) is 5.92 Å². The normalized spacial score (nSPS) is 16.9. The molecule has 2 aromatic carbocycles. The Kier molecular flexibility index (Phi) is 6.78. The number of unbranched alkanes of at least 4 members (excludes halogenated alkanes) is 1. The van der Waals surface area contributed by atoms with Gasteiger partial charge in [0, 0.05) is 49.6 Å². The number of amidine groups is 1. The fourth-order valence-electron chi connectivity index (χ4n) is 4.07. The lowest BCUT2D eigenvalue weighted by molar-refractivity contribution is -0.115. The maximum atomic E-state index is 12.9. The lowest BCUT2D eigenvalue weighted by Gasteiger charge is -2.36. The van der Waals surface area contributed by atoms with Gasteiger partial charge in [0.25, 0.3) is 0 Å². The van der Waals surface area contributed by atoms with E-state index in [1.165, 1.54) is 4.31 Å². The predicted molar refractivity (Wildman–Crippen MR) is 130 cm³/mol. The molecule has 0 spiro atoms. The molecule has 2 aliphatic rings. The summed E-state index contributed by atoms with van der Waals surface area (Å²) < 4.78 is 27.2. The first kappa shape index (κ1) is 23.4. The van der Waals surface area contributed by atoms with Crippen LogP contribution >= 0.6 is 0 Å². The van der Waals surface area contributed by atoms with Gasteiger partial charge < -0.3 is 10.8 Å². The summed E-state index contributed by atoms with van der Waals surface area (Å²) in [5.74, 6) is 0.483. The number of aliphatic hydroxyl groups excluding tert-OH is 1. The number of ketones is 1. The third-order valence-electron chi connectivity index (χ3n) is 6.10. The molecule has 174 valence electrons. The van der Waals surface area contributed by atoms with Crippen molar-refractivity contribution in [3.8, 4) is 11.1 Å². The summed E-state index contributed by atoms with van der Waals surface area (Å²) >= 11 is 0. The van der Waals surface area contributed by atoms with Gasteiger partial charge in [-0.2, -0.15) is 4.31 Å². The Hall–Kier alpha value is -2.81. The summed E-state index contributed by atoms with van der Waals surface area (Å²) in [6.45, 7) is 2.71. The number of nitrogens with two attached hydrogens (primary N) is 1. The molecule has 2 aromatic rings. The molecule has 2 heterocycles. The highest BCUT2D eigenvalue weighted by Gasteiger charge is 2.36. The van der Waals surface area contributed by atoms with Crippen molar-refractivity contribution < 1.29 is 18.3 Å². The summed E-state index contributed by atoms with van der Waals surface area (Å²) in [6.07, 6.45) is 4.49. The zero-order chi connectivity index (χ0) is 23.6. The SMILES string of the molecule is CCCCC(=O)C1=Cc2ccc(-c3cccc(S(=O)(=O)N4CC(CO)C4)c3)cc2N=C(N)C1. The molecule has 0 amide bonds. The molecule has 0 saturated carbocycles. The first-order valence-corrected chi connectivity index (χ1v) is 12.7. The second-order valence-corrected chi connectivity index (χ2v) is 10.6. The summed E-state index contributed by atoms with van der Waals surface area (Å²) in [6, 6.07) is 12.5. The van der Waals surface area contributed by atoms with Crippen LogP contribution in [0.5, 0.6) is 0 Å². The highest BCUT2D eigenvalue weighted by atomic mass is 32.2. The van der Waals surface area contributed by atoms with Crippen molar-refractivity contribution in [1.82, 2.24) is 4.31 Å². The Morgan fingerprint density at radius 2 is 1.94 bits per heavy atom. The number of nitrogens with zero attached hydrogens (tertiary/aromatic N) is 2. The van der Waals surface area contributed by atoms with Crippen LogP contribution in [0.15, 0.2) is 57.9 Å². The van der Waals surface area contributed by atoms with E-state index in [-0.39, 0.29) is 23.2 Å². The summed E-state index contributed by atoms with van der Waals surface area (Å²) in [5, 5.41) is 9.19. The van der Waals surface area contributed by atoms with Crippen molar-refractivity contribution in [3.63, 3.8) is 0 Å². The van der Waals surface area contributed by atoms with Gasteiger partial charge in [-0.25, -0.2) is 13.4 Å². The van der Waals surface area contributed by atoms with Crippen LogP contribution < -0.4 is 5.73 Å². The molecular formula is C25H29N3O4S. The number of rotatable bonds is 8. The zero-order valence-corrected chi connectivity index (χ0v) is 19.5. The molecule has 2 aliphatic heterocycles. The van der Waals surface area contributed by atoms with Gasteiger partial charge >= 0.3 is 0 Å². The highest BCUT2D eigenvalue weighted by molar-refractivity contribution is 7.89. The Morgan fingerprint density at radius 1 is 1.18 bits per heavy atom. The van der Waals surface area contributed by atoms with E-state index in [4.69, 9.17) is 5.73 Å². The van der Waals surface area contributed by atoms with Gasteiger partial charge in [0.1, 0.15) is 5.84 Å². The predicted octanol–water partition coefficient (Wildman–Crippen LogP) is 3.50. The molecule has 3 N–H and O–H groups in total. The minimum absolute atomic E-state index is 0.00246. The van der Waals surface area contributed by atoms with Crippen molar-refractivity contribution in [2.75, 3.05) is 19.7 Å². The minimum atomic E-state index is -3.60. The van der Waals surface area contributed by atoms with Crippen molar-refractivity contribution in [2.24, 2.45) is 16.6 Å². The van der Waals surface area contributed by atoms with E-state index in [0.29, 0.717) is 43.0 Å². The molecule has 33 heavy (non-hydrogen) atoms. The Balaban J connectivity index is 1.64. The van der Waals surface area contributed by atoms with Crippen LogP contribution in [0.1, 0.15) is 38.2 Å². The van der Waals surface area contributed by atoms with Crippen LogP contribution in [-0.4, -0.2) is 49.1 Å². The summed E-state index contributed by atoms with van der Waals surface area (Å²) in [5.41, 5.74) is 9.81. The average Bonchev–Trinajstić information content (AvgIpc) is 2.94. The maximum Gasteiger partial charge on any atom is 0.243 e. The maximum absolute atomic E-state index is 12.9. The zero-order valence-electron chi connectivity index (χ0n) is 18.7. The molecule has 1 saturated heterocycles. The Labute approximate surface area is 194 Å². The van der Waals surface area contributed by atoms with E-state index in [1.54, 1.807) is 18.2 Å². The number of sulfonamides is 1. The summed E-state index contributed by atoms with van der Waals surface area (Å²) in [7, 11) is -3.60. The van der Waals surface area contributed by atoms with Crippen LogP contribution in [0.25, 0.3) is 17.2 Å². The monoisotopic (exact) mass is 467 g/mol. The topological polar surface area (TPSA) is 113 Å². The second-order valence-electron chi connectivity index (χ2n) is 8.65. The van der Waals surface area contributed by atoms with Gasteiger partial charge in [0.2, 0.25) is 10.0 Å². The van der Waals surface area contributed by atoms with Gasteiger partial charge in [0.05, 0.1) is 10.6 Å². The molecule has 0 aromatic heterocycles. The molecule has 8 heteroatoms. The van der Waals surface area contributed by atoms with Crippen LogP contribution in [0.2, 0.25) is 0 Å². The number of hydrogen-bond acceptors (Lipinski definition) is 6. The highest BCUT2D eigenvalue weighted by Crippen LogP contribution is 2.33. The smallest absolute Gasteiger partial charge is 0.243 e. The van der Waals surface area contributed by atoms with Gasteiger partial charge in [-0.15, -0.1) is 0 Å². The molecule has 0 unspecified atom stereocenters. The standard InChI is InChI=1S/C25H29N3O4S/c1-2-3-7-24(30)21-10-20-9-8-19(12-23(20)27-25(26)13-21)18-5-4-6-22(11-18)33(31,32)28-14-17(15-28)16-29/h4-6,8-12,17,29H,2-3,7,13-16H2,1H3,(H2,26,27). The fourth-order valence-corrected chi connectivity index (χ4v) is 5.71. The van der Waals surface area contributed by atoms with E-state index in [9.17, 15) is 18.3 Å². The number of aliphatic imine (C=N–C) groups is 1. The van der Waals surface area contributed by atoms with E-state index < -0.39 is 10.0 Å². The number of benzene rings is 2. The van der Waals surface area contributed by atoms with Gasteiger partial charge in [-0.05, 0) is 41.8 Å². The molecule has 4 rings (SSSR count). The fraction of sp³-hybridized carbons (Fsp3) is 0.360. The third kappa shape index (κ3) is 4.93. The molecule has 0 radical (unpaired) electrons. The lowest BCUT2D eigenvalue weighted by Crippen LogP contribution is -2.51. The van der Waals surface area contributed by atoms with Gasteiger partial charge in [0.15, 0.2) is 5.78 Å². The average molecular weight is 468 g/mol. The summed E-state index contributed by atoms with van der Waals surface area (Å²) in [4.78, 5) is 17.3. The molecule has 0 atom stereocenters. The largest absolute Gasteiger partial charge is 0.396 e. The number of carbonyl (C=O) groups is 1. The number of hydrogen-bond donors (Lipinski definition) is 2. The molecule has 0 bridgehead atoms. The van der Waals surface area contributed by atoms with E-state index in [2.05, 4.69) is 11.9 Å². The number of fused-ring (bicyclic) bond motifs is 1.